The standard InChI is InChI=1S/C20H29N3O3/c1-5-8-15-11-16(14-9-6-7-10-14)20(13-22,17(24)12-21)23(15)18(25)26-19(2,3)4/h14-16H,6-7,9-12,21H2,1-4H3/t15-,16?,20?/m0/s1. The highest BCUT2D eigenvalue weighted by Crippen LogP contribution is 2.48. The van der Waals surface area contributed by atoms with E-state index in [1.807, 2.05) is 0 Å². The van der Waals surface area contributed by atoms with Gasteiger partial charge in [-0.1, -0.05) is 31.6 Å². The molecule has 6 heteroatoms. The fraction of sp³-hybridized carbons (Fsp3) is 0.750. The smallest absolute Gasteiger partial charge is 0.412 e. The third-order valence-corrected chi connectivity index (χ3v) is 5.36. The van der Waals surface area contributed by atoms with Crippen LogP contribution >= 0.6 is 0 Å². The number of ketones is 1. The number of nitriles is 1. The topological polar surface area (TPSA) is 96.4 Å². The van der Waals surface area contributed by atoms with Crippen LogP contribution in [0.3, 0.4) is 0 Å². The summed E-state index contributed by atoms with van der Waals surface area (Å²) in [7, 11) is 0. The lowest BCUT2D eigenvalue weighted by Gasteiger charge is -2.38. The van der Waals surface area contributed by atoms with Crippen LogP contribution in [-0.4, -0.2) is 40.5 Å². The van der Waals surface area contributed by atoms with Gasteiger partial charge in [-0.3, -0.25) is 9.69 Å². The van der Waals surface area contributed by atoms with Crippen molar-refractivity contribution in [1.29, 1.82) is 5.26 Å². The number of carbonyl (C=O) groups is 2. The van der Waals surface area contributed by atoms with Gasteiger partial charge in [0.25, 0.3) is 0 Å². The van der Waals surface area contributed by atoms with E-state index in [-0.39, 0.29) is 18.4 Å². The fourth-order valence-corrected chi connectivity index (χ4v) is 4.40. The van der Waals surface area contributed by atoms with Crippen molar-refractivity contribution in [2.24, 2.45) is 17.6 Å². The summed E-state index contributed by atoms with van der Waals surface area (Å²) >= 11 is 0. The number of amides is 1. The molecule has 1 saturated carbocycles. The maximum absolute atomic E-state index is 13.0. The van der Waals surface area contributed by atoms with Crippen molar-refractivity contribution >= 4 is 11.9 Å². The first-order valence-corrected chi connectivity index (χ1v) is 9.30. The van der Waals surface area contributed by atoms with Crippen LogP contribution in [0.4, 0.5) is 4.79 Å². The molecule has 3 atom stereocenters. The highest BCUT2D eigenvalue weighted by Gasteiger charge is 2.62. The van der Waals surface area contributed by atoms with E-state index in [0.717, 1.165) is 25.7 Å². The van der Waals surface area contributed by atoms with Crippen LogP contribution < -0.4 is 5.73 Å². The van der Waals surface area contributed by atoms with Crippen LogP contribution in [0.1, 0.15) is 59.8 Å². The number of hydrogen-bond donors (Lipinski definition) is 1. The van der Waals surface area contributed by atoms with Gasteiger partial charge in [-0.2, -0.15) is 5.26 Å². The Bertz CT molecular complexity index is 659. The number of nitrogens with two attached hydrogens (primary N) is 1. The molecule has 2 aliphatic rings. The van der Waals surface area contributed by atoms with Gasteiger partial charge in [0.2, 0.25) is 0 Å². The SMILES string of the molecule is CC#C[C@H]1CC(C2CCCC2)C(C#N)(C(=O)CN)N1C(=O)OC(C)(C)C. The van der Waals surface area contributed by atoms with Crippen LogP contribution in [0, 0.1) is 35.0 Å². The molecule has 0 aromatic rings. The molecule has 1 saturated heterocycles. The van der Waals surface area contributed by atoms with E-state index in [1.54, 1.807) is 27.7 Å². The molecular weight excluding hydrogens is 330 g/mol. The largest absolute Gasteiger partial charge is 0.444 e. The minimum absolute atomic E-state index is 0.221. The molecule has 0 radical (unpaired) electrons. The summed E-state index contributed by atoms with van der Waals surface area (Å²) in [5, 5.41) is 10.1. The van der Waals surface area contributed by atoms with Crippen LogP contribution in [0.25, 0.3) is 0 Å². The molecule has 1 heterocycles. The van der Waals surface area contributed by atoms with Crippen molar-refractivity contribution in [3.05, 3.63) is 0 Å². The average Bonchev–Trinajstić information content (AvgIpc) is 3.18. The first-order chi connectivity index (χ1) is 12.2. The van der Waals surface area contributed by atoms with Crippen LogP contribution in [0.2, 0.25) is 0 Å². The van der Waals surface area contributed by atoms with Crippen molar-refractivity contribution in [3.8, 4) is 17.9 Å². The summed E-state index contributed by atoms with van der Waals surface area (Å²) in [4.78, 5) is 27.2. The van der Waals surface area contributed by atoms with Gasteiger partial charge in [0.15, 0.2) is 11.3 Å². The van der Waals surface area contributed by atoms with E-state index in [0.29, 0.717) is 6.42 Å². The maximum Gasteiger partial charge on any atom is 0.412 e. The molecule has 1 amide bonds. The molecule has 2 fully saturated rings. The second-order valence-electron chi connectivity index (χ2n) is 8.15. The summed E-state index contributed by atoms with van der Waals surface area (Å²) < 4.78 is 5.54. The molecule has 0 aromatic heterocycles. The lowest BCUT2D eigenvalue weighted by atomic mass is 9.73. The van der Waals surface area contributed by atoms with Crippen molar-refractivity contribution in [1.82, 2.24) is 4.90 Å². The Balaban J connectivity index is 2.56. The third kappa shape index (κ3) is 3.57. The van der Waals surface area contributed by atoms with Crippen LogP contribution in [0.5, 0.6) is 0 Å². The van der Waals surface area contributed by atoms with Crippen molar-refractivity contribution < 1.29 is 14.3 Å². The molecule has 1 aliphatic carbocycles. The minimum atomic E-state index is -1.60. The van der Waals surface area contributed by atoms with Gasteiger partial charge in [0.1, 0.15) is 5.60 Å². The molecule has 6 nitrogen and oxygen atoms in total. The summed E-state index contributed by atoms with van der Waals surface area (Å²) in [6.07, 6.45) is 3.91. The minimum Gasteiger partial charge on any atom is -0.444 e. The van der Waals surface area contributed by atoms with Crippen LogP contribution in [-0.2, 0) is 9.53 Å². The molecule has 0 aromatic carbocycles. The van der Waals surface area contributed by atoms with E-state index >= 15 is 0 Å². The number of likely N-dealkylation sites (tertiary alicyclic amines) is 1. The van der Waals surface area contributed by atoms with Crippen molar-refractivity contribution in [3.63, 3.8) is 0 Å². The zero-order chi connectivity index (χ0) is 19.5. The van der Waals surface area contributed by atoms with E-state index in [1.165, 1.54) is 4.90 Å². The molecule has 2 unspecified atom stereocenters. The number of nitrogens with zero attached hydrogens (tertiary/aromatic N) is 2. The van der Waals surface area contributed by atoms with E-state index in [2.05, 4.69) is 17.9 Å². The molecule has 0 bridgehead atoms. The Kier molecular flexibility index (Phi) is 5.98. The maximum atomic E-state index is 13.0. The molecule has 2 N–H and O–H groups in total. The molecule has 1 aliphatic heterocycles. The second-order valence-corrected chi connectivity index (χ2v) is 8.15. The molecule has 0 spiro atoms. The molecule has 142 valence electrons. The summed E-state index contributed by atoms with van der Waals surface area (Å²) in [6.45, 7) is 6.68. The van der Waals surface area contributed by atoms with Crippen LogP contribution in [0.15, 0.2) is 0 Å². The van der Waals surface area contributed by atoms with Gasteiger partial charge >= 0.3 is 6.09 Å². The predicted octanol–water partition coefficient (Wildman–Crippen LogP) is 2.62. The van der Waals surface area contributed by atoms with Gasteiger partial charge < -0.3 is 10.5 Å². The Morgan fingerprint density at radius 3 is 2.38 bits per heavy atom. The fourth-order valence-electron chi connectivity index (χ4n) is 4.40. The highest BCUT2D eigenvalue weighted by atomic mass is 16.6. The summed E-state index contributed by atoms with van der Waals surface area (Å²) in [5.41, 5.74) is 3.33. The highest BCUT2D eigenvalue weighted by molar-refractivity contribution is 5.97. The van der Waals surface area contributed by atoms with E-state index in [4.69, 9.17) is 10.5 Å². The Hall–Kier alpha value is -2.05. The second kappa shape index (κ2) is 7.68. The number of Topliss-reactive ketones (excluding diaryl/α,β-unsaturated/α-hetero) is 1. The molecular formula is C20H29N3O3. The number of hydrogen-bond acceptors (Lipinski definition) is 5. The van der Waals surface area contributed by atoms with Gasteiger partial charge in [-0.25, -0.2) is 4.79 Å². The Morgan fingerprint density at radius 2 is 1.92 bits per heavy atom. The Labute approximate surface area is 156 Å². The zero-order valence-corrected chi connectivity index (χ0v) is 16.2. The zero-order valence-electron chi connectivity index (χ0n) is 16.2. The normalized spacial score (nSPS) is 29.0. The number of rotatable bonds is 3. The van der Waals surface area contributed by atoms with Gasteiger partial charge in [0, 0.05) is 5.92 Å². The van der Waals surface area contributed by atoms with Gasteiger partial charge in [0.05, 0.1) is 18.7 Å². The van der Waals surface area contributed by atoms with E-state index in [9.17, 15) is 14.9 Å². The summed E-state index contributed by atoms with van der Waals surface area (Å²) in [6, 6.07) is 1.67. The van der Waals surface area contributed by atoms with Gasteiger partial charge in [-0.05, 0) is 40.0 Å². The predicted molar refractivity (Wildman–Crippen MR) is 97.8 cm³/mol. The first kappa shape index (κ1) is 20.3. The quantitative estimate of drug-likeness (QED) is 0.781. The monoisotopic (exact) mass is 359 g/mol. The molecule has 26 heavy (non-hydrogen) atoms. The summed E-state index contributed by atoms with van der Waals surface area (Å²) in [5.74, 6) is 5.38. The first-order valence-electron chi connectivity index (χ1n) is 9.30. The van der Waals surface area contributed by atoms with Crippen molar-refractivity contribution in [2.45, 2.75) is 77.0 Å². The third-order valence-electron chi connectivity index (χ3n) is 5.36. The van der Waals surface area contributed by atoms with E-state index < -0.39 is 29.1 Å². The lowest BCUT2D eigenvalue weighted by molar-refractivity contribution is -0.128. The van der Waals surface area contributed by atoms with Gasteiger partial charge in [-0.15, -0.1) is 5.92 Å². The average molecular weight is 359 g/mol. The Morgan fingerprint density at radius 1 is 1.31 bits per heavy atom. The van der Waals surface area contributed by atoms with Crippen molar-refractivity contribution in [2.75, 3.05) is 6.54 Å². The number of ether oxygens (including phenoxy) is 1. The number of carbonyl (C=O) groups excluding carboxylic acids is 2. The lowest BCUT2D eigenvalue weighted by Crippen LogP contribution is -2.60. The molecule has 2 rings (SSSR count).